The fraction of sp³-hybridized carbons (Fsp3) is 0.533. The summed E-state index contributed by atoms with van der Waals surface area (Å²) >= 11 is 0. The van der Waals surface area contributed by atoms with Gasteiger partial charge in [0.15, 0.2) is 0 Å². The van der Waals surface area contributed by atoms with Gasteiger partial charge in [-0.1, -0.05) is 25.1 Å². The molecule has 104 valence electrons. The lowest BCUT2D eigenvalue weighted by atomic mass is 9.97. The molecule has 1 aliphatic heterocycles. The number of amides is 1. The Morgan fingerprint density at radius 2 is 2.11 bits per heavy atom. The SMILES string of the molecule is CC1CNCC1C(=O)Nc1ccccc1CN(C)C. The first kappa shape index (κ1) is 14.0. The second-order valence-corrected chi connectivity index (χ2v) is 5.63. The Hall–Kier alpha value is -1.39. The van der Waals surface area contributed by atoms with Crippen LogP contribution < -0.4 is 10.6 Å². The molecule has 1 fully saturated rings. The Morgan fingerprint density at radius 3 is 2.74 bits per heavy atom. The highest BCUT2D eigenvalue weighted by molar-refractivity contribution is 5.93. The van der Waals surface area contributed by atoms with Gasteiger partial charge in [-0.2, -0.15) is 0 Å². The summed E-state index contributed by atoms with van der Waals surface area (Å²) in [6, 6.07) is 8.01. The number of carbonyl (C=O) groups is 1. The molecule has 4 heteroatoms. The highest BCUT2D eigenvalue weighted by Gasteiger charge is 2.29. The van der Waals surface area contributed by atoms with Gasteiger partial charge < -0.3 is 15.5 Å². The van der Waals surface area contributed by atoms with Gasteiger partial charge in [0.05, 0.1) is 5.92 Å². The molecule has 0 aromatic heterocycles. The lowest BCUT2D eigenvalue weighted by Gasteiger charge is -2.18. The predicted octanol–water partition coefficient (Wildman–Crippen LogP) is 1.54. The monoisotopic (exact) mass is 261 g/mol. The van der Waals surface area contributed by atoms with Gasteiger partial charge in [-0.25, -0.2) is 0 Å². The van der Waals surface area contributed by atoms with Gasteiger partial charge in [-0.15, -0.1) is 0 Å². The molecule has 0 radical (unpaired) electrons. The van der Waals surface area contributed by atoms with Crippen molar-refractivity contribution in [3.8, 4) is 0 Å². The van der Waals surface area contributed by atoms with Gasteiger partial charge >= 0.3 is 0 Å². The van der Waals surface area contributed by atoms with E-state index >= 15 is 0 Å². The Bertz CT molecular complexity index is 445. The summed E-state index contributed by atoms with van der Waals surface area (Å²) in [4.78, 5) is 14.4. The van der Waals surface area contributed by atoms with Gasteiger partial charge in [-0.05, 0) is 38.2 Å². The summed E-state index contributed by atoms with van der Waals surface area (Å²) in [5.74, 6) is 0.608. The third kappa shape index (κ3) is 3.55. The van der Waals surface area contributed by atoms with Crippen LogP contribution in [0.1, 0.15) is 12.5 Å². The molecule has 1 saturated heterocycles. The topological polar surface area (TPSA) is 44.4 Å². The number of rotatable bonds is 4. The molecule has 0 bridgehead atoms. The molecule has 2 N–H and O–H groups in total. The van der Waals surface area contributed by atoms with Crippen molar-refractivity contribution in [3.63, 3.8) is 0 Å². The molecule has 1 aliphatic rings. The molecule has 19 heavy (non-hydrogen) atoms. The van der Waals surface area contributed by atoms with Crippen LogP contribution in [0.5, 0.6) is 0 Å². The van der Waals surface area contributed by atoms with E-state index in [9.17, 15) is 4.79 Å². The summed E-state index contributed by atoms with van der Waals surface area (Å²) in [6.07, 6.45) is 0. The van der Waals surface area contributed by atoms with Gasteiger partial charge in [0.2, 0.25) is 5.91 Å². The second-order valence-electron chi connectivity index (χ2n) is 5.63. The zero-order valence-corrected chi connectivity index (χ0v) is 11.9. The van der Waals surface area contributed by atoms with E-state index in [-0.39, 0.29) is 11.8 Å². The van der Waals surface area contributed by atoms with E-state index in [2.05, 4.69) is 28.5 Å². The van der Waals surface area contributed by atoms with Gasteiger partial charge in [0, 0.05) is 18.8 Å². The molecule has 2 unspecified atom stereocenters. The van der Waals surface area contributed by atoms with E-state index in [0.29, 0.717) is 5.92 Å². The van der Waals surface area contributed by atoms with Crippen LogP contribution in [0.3, 0.4) is 0 Å². The first-order valence-electron chi connectivity index (χ1n) is 6.82. The number of anilines is 1. The lowest BCUT2D eigenvalue weighted by molar-refractivity contribution is -0.120. The van der Waals surface area contributed by atoms with Crippen LogP contribution in [0.15, 0.2) is 24.3 Å². The minimum Gasteiger partial charge on any atom is -0.325 e. The number of carbonyl (C=O) groups excluding carboxylic acids is 1. The molecule has 2 rings (SSSR count). The maximum Gasteiger partial charge on any atom is 0.229 e. The van der Waals surface area contributed by atoms with Crippen molar-refractivity contribution in [3.05, 3.63) is 29.8 Å². The Morgan fingerprint density at radius 1 is 1.37 bits per heavy atom. The molecule has 1 heterocycles. The van der Waals surface area contributed by atoms with Crippen LogP contribution in [0, 0.1) is 11.8 Å². The Labute approximate surface area is 115 Å². The number of hydrogen-bond acceptors (Lipinski definition) is 3. The largest absolute Gasteiger partial charge is 0.325 e. The van der Waals surface area contributed by atoms with Crippen molar-refractivity contribution in [2.45, 2.75) is 13.5 Å². The zero-order chi connectivity index (χ0) is 13.8. The second kappa shape index (κ2) is 6.17. The molecule has 1 aromatic carbocycles. The molecule has 1 aromatic rings. The van der Waals surface area contributed by atoms with Crippen molar-refractivity contribution >= 4 is 11.6 Å². The highest BCUT2D eigenvalue weighted by Crippen LogP contribution is 2.21. The number of hydrogen-bond donors (Lipinski definition) is 2. The van der Waals surface area contributed by atoms with Gasteiger partial charge in [-0.3, -0.25) is 4.79 Å². The van der Waals surface area contributed by atoms with Gasteiger partial charge in [0.25, 0.3) is 0 Å². The van der Waals surface area contributed by atoms with E-state index < -0.39 is 0 Å². The average molecular weight is 261 g/mol. The van der Waals surface area contributed by atoms with Crippen molar-refractivity contribution in [1.29, 1.82) is 0 Å². The minimum absolute atomic E-state index is 0.0763. The predicted molar refractivity (Wildman–Crippen MR) is 78.0 cm³/mol. The smallest absolute Gasteiger partial charge is 0.229 e. The molecule has 0 aliphatic carbocycles. The number of para-hydroxylation sites is 1. The van der Waals surface area contributed by atoms with E-state index in [0.717, 1.165) is 30.9 Å². The summed E-state index contributed by atoms with van der Waals surface area (Å²) in [7, 11) is 4.06. The molecular weight excluding hydrogens is 238 g/mol. The third-order valence-corrected chi connectivity index (χ3v) is 3.62. The minimum atomic E-state index is 0.0763. The Kier molecular flexibility index (Phi) is 4.56. The molecule has 2 atom stereocenters. The first-order chi connectivity index (χ1) is 9.08. The molecular formula is C15H23N3O. The van der Waals surface area contributed by atoms with Crippen LogP contribution in [-0.2, 0) is 11.3 Å². The van der Waals surface area contributed by atoms with E-state index in [1.165, 1.54) is 0 Å². The van der Waals surface area contributed by atoms with Crippen molar-refractivity contribution in [1.82, 2.24) is 10.2 Å². The average Bonchev–Trinajstić information content (AvgIpc) is 2.77. The van der Waals surface area contributed by atoms with Crippen molar-refractivity contribution in [2.24, 2.45) is 11.8 Å². The van der Waals surface area contributed by atoms with E-state index in [4.69, 9.17) is 0 Å². The summed E-state index contributed by atoms with van der Waals surface area (Å²) in [5, 5.41) is 6.35. The maximum absolute atomic E-state index is 12.3. The fourth-order valence-electron chi connectivity index (χ4n) is 2.51. The summed E-state index contributed by atoms with van der Waals surface area (Å²) in [6.45, 7) is 4.66. The van der Waals surface area contributed by atoms with Gasteiger partial charge in [0.1, 0.15) is 0 Å². The first-order valence-corrected chi connectivity index (χ1v) is 6.82. The van der Waals surface area contributed by atoms with E-state index in [1.807, 2.05) is 32.3 Å². The molecule has 1 amide bonds. The number of nitrogens with zero attached hydrogens (tertiary/aromatic N) is 1. The van der Waals surface area contributed by atoms with Crippen LogP contribution in [0.2, 0.25) is 0 Å². The van der Waals surface area contributed by atoms with Crippen LogP contribution in [0.25, 0.3) is 0 Å². The van der Waals surface area contributed by atoms with Crippen molar-refractivity contribution in [2.75, 3.05) is 32.5 Å². The van der Waals surface area contributed by atoms with E-state index in [1.54, 1.807) is 0 Å². The number of benzene rings is 1. The van der Waals surface area contributed by atoms with Crippen LogP contribution in [-0.4, -0.2) is 38.0 Å². The highest BCUT2D eigenvalue weighted by atomic mass is 16.1. The molecule has 0 spiro atoms. The molecule has 4 nitrogen and oxygen atoms in total. The number of nitrogens with one attached hydrogen (secondary N) is 2. The molecule has 0 saturated carbocycles. The Balaban J connectivity index is 2.08. The summed E-state index contributed by atoms with van der Waals surface area (Å²) in [5.41, 5.74) is 2.08. The quantitative estimate of drug-likeness (QED) is 0.864. The summed E-state index contributed by atoms with van der Waals surface area (Å²) < 4.78 is 0. The van der Waals surface area contributed by atoms with Crippen LogP contribution in [0.4, 0.5) is 5.69 Å². The standard InChI is InChI=1S/C15H23N3O/c1-11-8-16-9-13(11)15(19)17-14-7-5-4-6-12(14)10-18(2)3/h4-7,11,13,16H,8-10H2,1-3H3,(H,17,19). The third-order valence-electron chi connectivity index (χ3n) is 3.62. The van der Waals surface area contributed by atoms with Crippen LogP contribution >= 0.6 is 0 Å². The lowest BCUT2D eigenvalue weighted by Crippen LogP contribution is -2.28. The van der Waals surface area contributed by atoms with Crippen molar-refractivity contribution < 1.29 is 4.79 Å². The zero-order valence-electron chi connectivity index (χ0n) is 11.9. The fourth-order valence-corrected chi connectivity index (χ4v) is 2.51. The maximum atomic E-state index is 12.3. The normalized spacial score (nSPS) is 22.7.